The average molecular weight is 627 g/mol. The van der Waals surface area contributed by atoms with Gasteiger partial charge in [-0.05, 0) is 73.7 Å². The number of pyridine rings is 1. The lowest BCUT2D eigenvalue weighted by Gasteiger charge is -2.18. The number of alkyl halides is 1. The number of carbonyl (C=O) groups is 2. The molecule has 2 aromatic heterocycles. The number of halogens is 1. The maximum Gasteiger partial charge on any atom is 0.274 e. The number of aromatic hydroxyl groups is 1. The molecule has 45 heavy (non-hydrogen) atoms. The number of aromatic nitrogens is 2. The van der Waals surface area contributed by atoms with E-state index in [4.69, 9.17) is 21.1 Å². The molecule has 10 heteroatoms. The van der Waals surface area contributed by atoms with Gasteiger partial charge in [-0.1, -0.05) is 18.2 Å². The number of nitrogens with one attached hydrogen (secondary N) is 2. The molecule has 1 aliphatic heterocycles. The Morgan fingerprint density at radius 2 is 1.98 bits per heavy atom. The van der Waals surface area contributed by atoms with Crippen LogP contribution in [0.5, 0.6) is 11.5 Å². The van der Waals surface area contributed by atoms with Crippen molar-refractivity contribution in [1.29, 1.82) is 0 Å². The van der Waals surface area contributed by atoms with Crippen molar-refractivity contribution in [3.8, 4) is 11.5 Å². The maximum atomic E-state index is 13.8. The third kappa shape index (κ3) is 6.06. The van der Waals surface area contributed by atoms with Crippen molar-refractivity contribution in [3.05, 3.63) is 89.2 Å². The van der Waals surface area contributed by atoms with Crippen LogP contribution < -0.4 is 15.0 Å². The zero-order valence-electron chi connectivity index (χ0n) is 25.4. The van der Waals surface area contributed by atoms with Gasteiger partial charge in [0.1, 0.15) is 22.8 Å². The number of rotatable bonds is 10. The Balaban J connectivity index is 1.18. The van der Waals surface area contributed by atoms with Gasteiger partial charge in [-0.3, -0.25) is 9.59 Å². The lowest BCUT2D eigenvalue weighted by atomic mass is 9.92. The number of phenols is 1. The Morgan fingerprint density at radius 3 is 2.73 bits per heavy atom. The van der Waals surface area contributed by atoms with Gasteiger partial charge in [-0.15, -0.1) is 11.6 Å². The molecule has 0 radical (unpaired) electrons. The van der Waals surface area contributed by atoms with Gasteiger partial charge in [0.15, 0.2) is 0 Å². The Kier molecular flexibility index (Phi) is 8.65. The number of anilines is 2. The highest BCUT2D eigenvalue weighted by Gasteiger charge is 2.36. The molecule has 2 atom stereocenters. The standard InChI is InChI=1S/C35H35ClN4O5/c1-4-44-13-12-21(3)45-26-10-8-22(9-11-26)34(42)38-25-14-23-15-28(39-33(23)37-18-25)35(43)40-19-24(17-36)32-29(40)16-30(41)27-7-5-6-20(2)31(27)32/h5-11,14-16,18,21,24,41H,4,12-13,17,19H2,1-3H3,(H,37,39)(H,38,42)/t21?,24-/m1/s1. The van der Waals surface area contributed by atoms with Crippen LogP contribution >= 0.6 is 11.6 Å². The number of fused-ring (bicyclic) bond motifs is 4. The van der Waals surface area contributed by atoms with E-state index < -0.39 is 0 Å². The number of aromatic amines is 1. The first-order chi connectivity index (χ1) is 21.8. The Hall–Kier alpha value is -4.60. The summed E-state index contributed by atoms with van der Waals surface area (Å²) in [5.74, 6) is 0.513. The van der Waals surface area contributed by atoms with Crippen LogP contribution in [0.1, 0.15) is 58.2 Å². The molecule has 1 aliphatic rings. The molecule has 1 unspecified atom stereocenters. The normalized spacial score (nSPS) is 14.9. The van der Waals surface area contributed by atoms with Crippen molar-refractivity contribution in [3.63, 3.8) is 0 Å². The smallest absolute Gasteiger partial charge is 0.274 e. The average Bonchev–Trinajstić information content (AvgIpc) is 3.62. The largest absolute Gasteiger partial charge is 0.507 e. The number of hydrogen-bond acceptors (Lipinski definition) is 6. The van der Waals surface area contributed by atoms with Gasteiger partial charge in [0.25, 0.3) is 11.8 Å². The summed E-state index contributed by atoms with van der Waals surface area (Å²) in [7, 11) is 0. The topological polar surface area (TPSA) is 117 Å². The molecule has 3 N–H and O–H groups in total. The number of aryl methyl sites for hydroxylation is 1. The van der Waals surface area contributed by atoms with Gasteiger partial charge < -0.3 is 29.8 Å². The fourth-order valence-electron chi connectivity index (χ4n) is 5.93. The molecule has 0 saturated carbocycles. The van der Waals surface area contributed by atoms with Crippen molar-refractivity contribution in [2.75, 3.05) is 35.9 Å². The van der Waals surface area contributed by atoms with Gasteiger partial charge in [0.2, 0.25) is 0 Å². The summed E-state index contributed by atoms with van der Waals surface area (Å²) < 4.78 is 11.3. The highest BCUT2D eigenvalue weighted by atomic mass is 35.5. The van der Waals surface area contributed by atoms with E-state index in [0.29, 0.717) is 65.1 Å². The van der Waals surface area contributed by atoms with E-state index in [1.807, 2.05) is 39.0 Å². The summed E-state index contributed by atoms with van der Waals surface area (Å²) in [6.07, 6.45) is 2.31. The fourth-order valence-corrected chi connectivity index (χ4v) is 6.19. The molecule has 3 aromatic carbocycles. The molecule has 6 rings (SSSR count). The molecule has 9 nitrogen and oxygen atoms in total. The summed E-state index contributed by atoms with van der Waals surface area (Å²) in [5, 5.41) is 16.1. The number of phenolic OH excluding ortho intramolecular Hbond substituents is 1. The lowest BCUT2D eigenvalue weighted by Crippen LogP contribution is -2.30. The molecule has 5 aromatic rings. The number of ether oxygens (including phenoxy) is 2. The van der Waals surface area contributed by atoms with Crippen molar-refractivity contribution < 1.29 is 24.2 Å². The Labute approximate surface area is 266 Å². The van der Waals surface area contributed by atoms with Crippen molar-refractivity contribution in [2.45, 2.75) is 39.2 Å². The van der Waals surface area contributed by atoms with E-state index in [-0.39, 0.29) is 29.6 Å². The number of H-pyrrole nitrogens is 1. The summed E-state index contributed by atoms with van der Waals surface area (Å²) in [6.45, 7) is 7.64. The van der Waals surface area contributed by atoms with Crippen LogP contribution in [0.15, 0.2) is 66.9 Å². The monoisotopic (exact) mass is 626 g/mol. The molecular weight excluding hydrogens is 592 g/mol. The maximum absolute atomic E-state index is 13.8. The second kappa shape index (κ2) is 12.8. The molecule has 0 fully saturated rings. The highest BCUT2D eigenvalue weighted by Crippen LogP contribution is 2.46. The second-order valence-corrected chi connectivity index (χ2v) is 11.6. The second-order valence-electron chi connectivity index (χ2n) is 11.3. The van der Waals surface area contributed by atoms with E-state index >= 15 is 0 Å². The zero-order valence-corrected chi connectivity index (χ0v) is 26.1. The minimum Gasteiger partial charge on any atom is -0.507 e. The molecule has 0 spiro atoms. The first-order valence-electron chi connectivity index (χ1n) is 15.0. The predicted octanol–water partition coefficient (Wildman–Crippen LogP) is 7.16. The highest BCUT2D eigenvalue weighted by molar-refractivity contribution is 6.19. The molecule has 232 valence electrons. The lowest BCUT2D eigenvalue weighted by molar-refractivity contribution is 0.0982. The number of carbonyl (C=O) groups excluding carboxylic acids is 2. The third-order valence-corrected chi connectivity index (χ3v) is 8.56. The first kappa shape index (κ1) is 30.4. The van der Waals surface area contributed by atoms with Crippen LogP contribution in [0.4, 0.5) is 11.4 Å². The van der Waals surface area contributed by atoms with E-state index in [2.05, 4.69) is 15.3 Å². The van der Waals surface area contributed by atoms with Gasteiger partial charge in [-0.25, -0.2) is 4.98 Å². The van der Waals surface area contributed by atoms with Crippen LogP contribution in [-0.2, 0) is 4.74 Å². The minimum atomic E-state index is -0.290. The van der Waals surface area contributed by atoms with Gasteiger partial charge >= 0.3 is 0 Å². The van der Waals surface area contributed by atoms with Crippen LogP contribution in [-0.4, -0.2) is 58.6 Å². The van der Waals surface area contributed by atoms with Crippen LogP contribution in [0.3, 0.4) is 0 Å². The van der Waals surface area contributed by atoms with Gasteiger partial charge in [0.05, 0.1) is 30.3 Å². The molecule has 0 saturated heterocycles. The summed E-state index contributed by atoms with van der Waals surface area (Å²) in [4.78, 5) is 36.0. The van der Waals surface area contributed by atoms with Crippen molar-refractivity contribution in [1.82, 2.24) is 9.97 Å². The van der Waals surface area contributed by atoms with Crippen LogP contribution in [0.2, 0.25) is 0 Å². The summed E-state index contributed by atoms with van der Waals surface area (Å²) in [5.41, 5.74) is 4.47. The van der Waals surface area contributed by atoms with Crippen LogP contribution in [0, 0.1) is 6.92 Å². The van der Waals surface area contributed by atoms with E-state index in [1.165, 1.54) is 0 Å². The summed E-state index contributed by atoms with van der Waals surface area (Å²) in [6, 6.07) is 17.9. The first-order valence-corrected chi connectivity index (χ1v) is 15.6. The van der Waals surface area contributed by atoms with Crippen molar-refractivity contribution in [2.24, 2.45) is 0 Å². The fraction of sp³-hybridized carbons (Fsp3) is 0.286. The predicted molar refractivity (Wildman–Crippen MR) is 177 cm³/mol. The molecular formula is C35H35ClN4O5. The Morgan fingerprint density at radius 1 is 1.18 bits per heavy atom. The quantitative estimate of drug-likeness (QED) is 0.112. The Bertz CT molecular complexity index is 1890. The van der Waals surface area contributed by atoms with E-state index in [1.54, 1.807) is 53.6 Å². The van der Waals surface area contributed by atoms with Crippen LogP contribution in [0.25, 0.3) is 21.8 Å². The molecule has 2 amide bonds. The molecule has 0 bridgehead atoms. The number of hydrogen-bond donors (Lipinski definition) is 3. The number of amides is 2. The molecule has 0 aliphatic carbocycles. The molecule has 3 heterocycles. The van der Waals surface area contributed by atoms with Gasteiger partial charge in [0, 0.05) is 53.8 Å². The van der Waals surface area contributed by atoms with E-state index in [9.17, 15) is 14.7 Å². The minimum absolute atomic E-state index is 0.00894. The summed E-state index contributed by atoms with van der Waals surface area (Å²) >= 11 is 6.40. The van der Waals surface area contributed by atoms with Crippen molar-refractivity contribution >= 4 is 56.6 Å². The van der Waals surface area contributed by atoms with Gasteiger partial charge in [-0.2, -0.15) is 0 Å². The number of benzene rings is 3. The number of nitrogens with zero attached hydrogens (tertiary/aromatic N) is 2. The SMILES string of the molecule is CCOCCC(C)Oc1ccc(C(=O)Nc2cnc3[nH]c(C(=O)N4C[C@@H](CCl)c5c4cc(O)c4cccc(C)c54)cc3c2)cc1. The van der Waals surface area contributed by atoms with E-state index in [0.717, 1.165) is 28.3 Å². The third-order valence-electron chi connectivity index (χ3n) is 8.19. The zero-order chi connectivity index (χ0) is 31.7.